The first-order valence-electron chi connectivity index (χ1n) is 5.93. The molecule has 16 heavy (non-hydrogen) atoms. The van der Waals surface area contributed by atoms with Gasteiger partial charge in [0.1, 0.15) is 0 Å². The van der Waals surface area contributed by atoms with E-state index in [4.69, 9.17) is 11.5 Å². The molecule has 1 aliphatic rings. The summed E-state index contributed by atoms with van der Waals surface area (Å²) in [6.07, 6.45) is 1.20. The van der Waals surface area contributed by atoms with Gasteiger partial charge >= 0.3 is 0 Å². The predicted octanol–water partition coefficient (Wildman–Crippen LogP) is 1.10. The van der Waals surface area contributed by atoms with Crippen LogP contribution < -0.4 is 11.5 Å². The lowest BCUT2D eigenvalue weighted by Gasteiger charge is -2.19. The second-order valence-electron chi connectivity index (χ2n) is 4.78. The first-order valence-corrected chi connectivity index (χ1v) is 5.93. The Labute approximate surface area is 97.4 Å². The number of nitrogens with two attached hydrogens (primary N) is 2. The van der Waals surface area contributed by atoms with Crippen molar-refractivity contribution < 1.29 is 0 Å². The lowest BCUT2D eigenvalue weighted by molar-refractivity contribution is 0.372. The standard InChI is InChI=1S/C13H21N3/c1-16-7-6-12(9-16)13(15)11-4-2-10(8-14)3-5-11/h2-5,12-13H,6-9,14-15H2,1H3. The van der Waals surface area contributed by atoms with Crippen molar-refractivity contribution in [3.8, 4) is 0 Å². The van der Waals surface area contributed by atoms with Gasteiger partial charge in [-0.3, -0.25) is 0 Å². The van der Waals surface area contributed by atoms with Gasteiger partial charge in [0.2, 0.25) is 0 Å². The molecule has 0 bridgehead atoms. The SMILES string of the molecule is CN1CCC(C(N)c2ccc(CN)cc2)C1. The molecule has 0 spiro atoms. The summed E-state index contributed by atoms with van der Waals surface area (Å²) in [6, 6.07) is 8.55. The Morgan fingerprint density at radius 1 is 1.38 bits per heavy atom. The summed E-state index contributed by atoms with van der Waals surface area (Å²) in [5, 5.41) is 0. The van der Waals surface area contributed by atoms with Crippen LogP contribution in [0.25, 0.3) is 0 Å². The molecule has 1 saturated heterocycles. The molecule has 0 saturated carbocycles. The van der Waals surface area contributed by atoms with Crippen LogP contribution in [0.4, 0.5) is 0 Å². The van der Waals surface area contributed by atoms with Crippen LogP contribution in [-0.2, 0) is 6.54 Å². The molecule has 88 valence electrons. The number of hydrogen-bond donors (Lipinski definition) is 2. The summed E-state index contributed by atoms with van der Waals surface area (Å²) in [7, 11) is 2.16. The fraction of sp³-hybridized carbons (Fsp3) is 0.538. The number of hydrogen-bond acceptors (Lipinski definition) is 3. The van der Waals surface area contributed by atoms with Crippen LogP contribution in [0.1, 0.15) is 23.6 Å². The normalized spacial score (nSPS) is 23.6. The molecule has 1 heterocycles. The van der Waals surface area contributed by atoms with Crippen LogP contribution >= 0.6 is 0 Å². The average molecular weight is 219 g/mol. The molecule has 1 aliphatic heterocycles. The number of benzene rings is 1. The van der Waals surface area contributed by atoms with Gasteiger partial charge in [-0.2, -0.15) is 0 Å². The maximum Gasteiger partial charge on any atom is 0.0336 e. The summed E-state index contributed by atoms with van der Waals surface area (Å²) < 4.78 is 0. The number of nitrogens with zero attached hydrogens (tertiary/aromatic N) is 1. The molecule has 1 aromatic carbocycles. The Morgan fingerprint density at radius 2 is 2.06 bits per heavy atom. The minimum Gasteiger partial charge on any atom is -0.326 e. The smallest absolute Gasteiger partial charge is 0.0336 e. The van der Waals surface area contributed by atoms with E-state index in [-0.39, 0.29) is 6.04 Å². The van der Waals surface area contributed by atoms with Gasteiger partial charge in [0.15, 0.2) is 0 Å². The molecule has 4 N–H and O–H groups in total. The van der Waals surface area contributed by atoms with Crippen molar-refractivity contribution in [2.75, 3.05) is 20.1 Å². The highest BCUT2D eigenvalue weighted by molar-refractivity contribution is 5.25. The van der Waals surface area contributed by atoms with Gasteiger partial charge in [0.25, 0.3) is 0 Å². The predicted molar refractivity (Wildman–Crippen MR) is 66.9 cm³/mol. The molecule has 0 amide bonds. The minimum absolute atomic E-state index is 0.164. The Morgan fingerprint density at radius 3 is 2.56 bits per heavy atom. The summed E-state index contributed by atoms with van der Waals surface area (Å²) in [5.74, 6) is 0.591. The number of likely N-dealkylation sites (tertiary alicyclic amines) is 1. The zero-order chi connectivity index (χ0) is 11.5. The Hall–Kier alpha value is -0.900. The molecule has 3 nitrogen and oxygen atoms in total. The monoisotopic (exact) mass is 219 g/mol. The summed E-state index contributed by atoms with van der Waals surface area (Å²) in [4.78, 5) is 2.35. The molecule has 0 aliphatic carbocycles. The topological polar surface area (TPSA) is 55.3 Å². The van der Waals surface area contributed by atoms with Crippen molar-refractivity contribution in [1.29, 1.82) is 0 Å². The van der Waals surface area contributed by atoms with Crippen LogP contribution in [0.15, 0.2) is 24.3 Å². The largest absolute Gasteiger partial charge is 0.326 e. The van der Waals surface area contributed by atoms with Crippen molar-refractivity contribution in [3.63, 3.8) is 0 Å². The molecule has 2 atom stereocenters. The van der Waals surface area contributed by atoms with Crippen LogP contribution in [0.2, 0.25) is 0 Å². The second-order valence-corrected chi connectivity index (χ2v) is 4.78. The third kappa shape index (κ3) is 2.43. The zero-order valence-electron chi connectivity index (χ0n) is 9.89. The maximum atomic E-state index is 6.30. The fourth-order valence-electron chi connectivity index (χ4n) is 2.41. The Kier molecular flexibility index (Phi) is 3.59. The molecule has 3 heteroatoms. The van der Waals surface area contributed by atoms with Gasteiger partial charge in [-0.1, -0.05) is 24.3 Å². The molecule has 2 unspecified atom stereocenters. The molecule has 0 aromatic heterocycles. The summed E-state index contributed by atoms with van der Waals surface area (Å²) >= 11 is 0. The van der Waals surface area contributed by atoms with Crippen LogP contribution in [0.5, 0.6) is 0 Å². The highest BCUT2D eigenvalue weighted by Gasteiger charge is 2.26. The van der Waals surface area contributed by atoms with E-state index in [1.54, 1.807) is 0 Å². The van der Waals surface area contributed by atoms with E-state index in [1.165, 1.54) is 24.1 Å². The first-order chi connectivity index (χ1) is 7.70. The minimum atomic E-state index is 0.164. The highest BCUT2D eigenvalue weighted by Crippen LogP contribution is 2.27. The third-order valence-corrected chi connectivity index (χ3v) is 3.54. The average Bonchev–Trinajstić information content (AvgIpc) is 2.75. The Bertz CT molecular complexity index is 334. The van der Waals surface area contributed by atoms with Gasteiger partial charge < -0.3 is 16.4 Å². The van der Waals surface area contributed by atoms with Gasteiger partial charge in [0, 0.05) is 19.1 Å². The molecular weight excluding hydrogens is 198 g/mol. The molecule has 2 rings (SSSR count). The quantitative estimate of drug-likeness (QED) is 0.800. The lowest BCUT2D eigenvalue weighted by Crippen LogP contribution is -2.24. The van der Waals surface area contributed by atoms with E-state index in [2.05, 4.69) is 36.2 Å². The van der Waals surface area contributed by atoms with E-state index in [0.29, 0.717) is 12.5 Å². The van der Waals surface area contributed by atoms with Crippen molar-refractivity contribution in [1.82, 2.24) is 4.90 Å². The van der Waals surface area contributed by atoms with Crippen LogP contribution in [0.3, 0.4) is 0 Å². The van der Waals surface area contributed by atoms with E-state index in [1.807, 2.05) is 0 Å². The van der Waals surface area contributed by atoms with E-state index >= 15 is 0 Å². The van der Waals surface area contributed by atoms with E-state index in [9.17, 15) is 0 Å². The van der Waals surface area contributed by atoms with Gasteiger partial charge in [-0.05, 0) is 37.1 Å². The summed E-state index contributed by atoms with van der Waals surface area (Å²) in [5.41, 5.74) is 14.3. The van der Waals surface area contributed by atoms with Crippen LogP contribution in [0, 0.1) is 5.92 Å². The van der Waals surface area contributed by atoms with E-state index in [0.717, 1.165) is 6.54 Å². The highest BCUT2D eigenvalue weighted by atomic mass is 15.1. The van der Waals surface area contributed by atoms with Gasteiger partial charge in [0.05, 0.1) is 0 Å². The van der Waals surface area contributed by atoms with Crippen molar-refractivity contribution in [2.24, 2.45) is 17.4 Å². The maximum absolute atomic E-state index is 6.30. The third-order valence-electron chi connectivity index (χ3n) is 3.54. The van der Waals surface area contributed by atoms with Crippen molar-refractivity contribution in [2.45, 2.75) is 19.0 Å². The second kappa shape index (κ2) is 4.95. The number of rotatable bonds is 3. The fourth-order valence-corrected chi connectivity index (χ4v) is 2.41. The van der Waals surface area contributed by atoms with E-state index < -0.39 is 0 Å². The molecule has 1 aromatic rings. The lowest BCUT2D eigenvalue weighted by atomic mass is 9.92. The zero-order valence-corrected chi connectivity index (χ0v) is 9.89. The molecule has 0 radical (unpaired) electrons. The van der Waals surface area contributed by atoms with Crippen LogP contribution in [-0.4, -0.2) is 25.0 Å². The van der Waals surface area contributed by atoms with Gasteiger partial charge in [-0.15, -0.1) is 0 Å². The molecule has 1 fully saturated rings. The van der Waals surface area contributed by atoms with Gasteiger partial charge in [-0.25, -0.2) is 0 Å². The first kappa shape index (κ1) is 11.6. The summed E-state index contributed by atoms with van der Waals surface area (Å²) in [6.45, 7) is 2.88. The van der Waals surface area contributed by atoms with Crippen molar-refractivity contribution in [3.05, 3.63) is 35.4 Å². The molecular formula is C13H21N3. The van der Waals surface area contributed by atoms with Crippen molar-refractivity contribution >= 4 is 0 Å². The Balaban J connectivity index is 2.05.